The maximum Gasteiger partial charge on any atom is 0.241 e. The van der Waals surface area contributed by atoms with Crippen LogP contribution >= 0.6 is 0 Å². The Bertz CT molecular complexity index is 602. The summed E-state index contributed by atoms with van der Waals surface area (Å²) >= 11 is 0. The minimum absolute atomic E-state index is 0.0167. The minimum atomic E-state index is -0.279. The molecule has 6 nitrogen and oxygen atoms in total. The lowest BCUT2D eigenvalue weighted by Crippen LogP contribution is -2.46. The fourth-order valence-electron chi connectivity index (χ4n) is 3.24. The number of benzene rings is 1. The van der Waals surface area contributed by atoms with Crippen molar-refractivity contribution in [3.05, 3.63) is 35.6 Å². The fourth-order valence-corrected chi connectivity index (χ4v) is 3.24. The van der Waals surface area contributed by atoms with Gasteiger partial charge in [0.1, 0.15) is 5.82 Å². The van der Waals surface area contributed by atoms with Crippen LogP contribution in [0.4, 0.5) is 4.39 Å². The monoisotopic (exact) mass is 349 g/mol. The highest BCUT2D eigenvalue weighted by molar-refractivity contribution is 5.85. The van der Waals surface area contributed by atoms with Gasteiger partial charge in [-0.1, -0.05) is 12.1 Å². The number of carbonyl (C=O) groups excluding carboxylic acids is 2. The third-order valence-electron chi connectivity index (χ3n) is 4.66. The number of nitrogens with zero attached hydrogens (tertiary/aromatic N) is 2. The van der Waals surface area contributed by atoms with E-state index in [2.05, 4.69) is 5.32 Å². The van der Waals surface area contributed by atoms with Crippen molar-refractivity contribution in [3.63, 3.8) is 0 Å². The molecular formula is C18H24FN3O3. The van der Waals surface area contributed by atoms with E-state index >= 15 is 0 Å². The van der Waals surface area contributed by atoms with E-state index in [0.717, 1.165) is 31.5 Å². The van der Waals surface area contributed by atoms with Gasteiger partial charge in [0.15, 0.2) is 0 Å². The molecule has 1 atom stereocenters. The number of hydrogen-bond donors (Lipinski definition) is 1. The normalized spacial score (nSPS) is 21.3. The van der Waals surface area contributed by atoms with Crippen molar-refractivity contribution in [2.75, 3.05) is 45.9 Å². The Kier molecular flexibility index (Phi) is 5.99. The Morgan fingerprint density at radius 1 is 1.16 bits per heavy atom. The molecule has 1 unspecified atom stereocenters. The molecule has 7 heteroatoms. The summed E-state index contributed by atoms with van der Waals surface area (Å²) in [6.07, 6.45) is 1.91. The van der Waals surface area contributed by atoms with Crippen LogP contribution in [0.1, 0.15) is 24.5 Å². The summed E-state index contributed by atoms with van der Waals surface area (Å²) in [5, 5.41) is 2.71. The molecule has 2 fully saturated rings. The largest absolute Gasteiger partial charge is 0.371 e. The average Bonchev–Trinajstić information content (AvgIpc) is 3.15. The van der Waals surface area contributed by atoms with Crippen LogP contribution in [0.3, 0.4) is 0 Å². The van der Waals surface area contributed by atoms with Gasteiger partial charge in [0, 0.05) is 26.2 Å². The van der Waals surface area contributed by atoms with Crippen molar-refractivity contribution in [2.24, 2.45) is 0 Å². The molecule has 2 saturated heterocycles. The second-order valence-electron chi connectivity index (χ2n) is 6.51. The van der Waals surface area contributed by atoms with Gasteiger partial charge in [0.25, 0.3) is 0 Å². The van der Waals surface area contributed by atoms with E-state index in [-0.39, 0.29) is 36.8 Å². The van der Waals surface area contributed by atoms with E-state index in [0.29, 0.717) is 19.7 Å². The Balaban J connectivity index is 1.44. The third-order valence-corrected chi connectivity index (χ3v) is 4.66. The van der Waals surface area contributed by atoms with Crippen LogP contribution < -0.4 is 5.32 Å². The number of halogens is 1. The van der Waals surface area contributed by atoms with Gasteiger partial charge in [-0.05, 0) is 30.5 Å². The first-order valence-corrected chi connectivity index (χ1v) is 8.76. The number of ether oxygens (including phenoxy) is 1. The van der Waals surface area contributed by atoms with Gasteiger partial charge in [-0.25, -0.2) is 4.39 Å². The molecule has 2 aliphatic heterocycles. The molecule has 1 aromatic carbocycles. The highest BCUT2D eigenvalue weighted by Crippen LogP contribution is 2.22. The van der Waals surface area contributed by atoms with Crippen LogP contribution in [-0.2, 0) is 14.3 Å². The maximum absolute atomic E-state index is 13.0. The third kappa shape index (κ3) is 4.99. The highest BCUT2D eigenvalue weighted by Gasteiger charge is 2.24. The number of likely N-dealkylation sites (tertiary alicyclic amines) is 1. The van der Waals surface area contributed by atoms with Crippen molar-refractivity contribution in [1.29, 1.82) is 0 Å². The molecule has 136 valence electrons. The number of hydrogen-bond acceptors (Lipinski definition) is 4. The van der Waals surface area contributed by atoms with Crippen LogP contribution in [0.25, 0.3) is 0 Å². The number of nitrogens with one attached hydrogen (secondary N) is 1. The summed E-state index contributed by atoms with van der Waals surface area (Å²) in [7, 11) is 0. The molecule has 0 bridgehead atoms. The molecule has 0 aliphatic carbocycles. The quantitative estimate of drug-likeness (QED) is 0.859. The first-order chi connectivity index (χ1) is 12.1. The molecule has 0 saturated carbocycles. The van der Waals surface area contributed by atoms with Gasteiger partial charge in [-0.15, -0.1) is 0 Å². The Morgan fingerprint density at radius 2 is 1.88 bits per heavy atom. The van der Waals surface area contributed by atoms with Crippen LogP contribution in [0.15, 0.2) is 24.3 Å². The second kappa shape index (κ2) is 8.40. The van der Waals surface area contributed by atoms with E-state index in [9.17, 15) is 14.0 Å². The lowest BCUT2D eigenvalue weighted by atomic mass is 10.1. The summed E-state index contributed by atoms with van der Waals surface area (Å²) in [6.45, 7) is 3.61. The zero-order valence-corrected chi connectivity index (χ0v) is 14.2. The predicted octanol–water partition coefficient (Wildman–Crippen LogP) is 0.938. The summed E-state index contributed by atoms with van der Waals surface area (Å²) in [5.74, 6) is -0.456. The molecule has 0 spiro atoms. The van der Waals surface area contributed by atoms with Crippen LogP contribution in [0, 0.1) is 5.82 Å². The zero-order chi connectivity index (χ0) is 17.6. The van der Waals surface area contributed by atoms with Gasteiger partial charge in [0.2, 0.25) is 11.8 Å². The Morgan fingerprint density at radius 3 is 2.60 bits per heavy atom. The Hall–Kier alpha value is -1.99. The van der Waals surface area contributed by atoms with Crippen molar-refractivity contribution in [3.8, 4) is 0 Å². The predicted molar refractivity (Wildman–Crippen MR) is 90.4 cm³/mol. The van der Waals surface area contributed by atoms with Crippen molar-refractivity contribution in [1.82, 2.24) is 15.1 Å². The standard InChI is InChI=1S/C18H24FN3O3/c19-15-5-3-14(4-6-15)16-12-21(9-10-25-16)13-17(23)20-11-18(24)22-7-1-2-8-22/h3-6,16H,1-2,7-13H2,(H,20,23). The van der Waals surface area contributed by atoms with Gasteiger partial charge in [-0.3, -0.25) is 14.5 Å². The molecule has 2 amide bonds. The summed E-state index contributed by atoms with van der Waals surface area (Å²) < 4.78 is 18.8. The first-order valence-electron chi connectivity index (χ1n) is 8.76. The lowest BCUT2D eigenvalue weighted by molar-refractivity contribution is -0.132. The molecule has 0 radical (unpaired) electrons. The number of carbonyl (C=O) groups is 2. The van der Waals surface area contributed by atoms with Gasteiger partial charge in [-0.2, -0.15) is 0 Å². The van der Waals surface area contributed by atoms with Crippen LogP contribution in [0.5, 0.6) is 0 Å². The first kappa shape index (κ1) is 17.8. The molecule has 2 heterocycles. The summed E-state index contributed by atoms with van der Waals surface area (Å²) in [4.78, 5) is 27.8. The average molecular weight is 349 g/mol. The van der Waals surface area contributed by atoms with E-state index in [1.54, 1.807) is 17.0 Å². The molecule has 0 aromatic heterocycles. The van der Waals surface area contributed by atoms with E-state index in [1.807, 2.05) is 4.90 Å². The topological polar surface area (TPSA) is 61.9 Å². The number of amides is 2. The molecule has 25 heavy (non-hydrogen) atoms. The number of rotatable bonds is 5. The van der Waals surface area contributed by atoms with E-state index in [4.69, 9.17) is 4.74 Å². The lowest BCUT2D eigenvalue weighted by Gasteiger charge is -2.32. The van der Waals surface area contributed by atoms with Crippen LogP contribution in [0.2, 0.25) is 0 Å². The SMILES string of the molecule is O=C(CN1CCOC(c2ccc(F)cc2)C1)NCC(=O)N1CCCC1. The molecule has 1 aromatic rings. The van der Waals surface area contributed by atoms with Gasteiger partial charge in [0.05, 0.1) is 25.8 Å². The zero-order valence-electron chi connectivity index (χ0n) is 14.2. The van der Waals surface area contributed by atoms with Crippen molar-refractivity contribution < 1.29 is 18.7 Å². The minimum Gasteiger partial charge on any atom is -0.371 e. The smallest absolute Gasteiger partial charge is 0.241 e. The second-order valence-corrected chi connectivity index (χ2v) is 6.51. The maximum atomic E-state index is 13.0. The van der Waals surface area contributed by atoms with Crippen LogP contribution in [-0.4, -0.2) is 67.5 Å². The van der Waals surface area contributed by atoms with Gasteiger partial charge >= 0.3 is 0 Å². The number of morpholine rings is 1. The van der Waals surface area contributed by atoms with Crippen molar-refractivity contribution >= 4 is 11.8 Å². The van der Waals surface area contributed by atoms with E-state index < -0.39 is 0 Å². The summed E-state index contributed by atoms with van der Waals surface area (Å²) in [5.41, 5.74) is 0.899. The van der Waals surface area contributed by atoms with E-state index in [1.165, 1.54) is 12.1 Å². The Labute approximate surface area is 146 Å². The molecular weight excluding hydrogens is 325 g/mol. The fraction of sp³-hybridized carbons (Fsp3) is 0.556. The van der Waals surface area contributed by atoms with Gasteiger partial charge < -0.3 is 15.0 Å². The highest BCUT2D eigenvalue weighted by atomic mass is 19.1. The summed E-state index contributed by atoms with van der Waals surface area (Å²) in [6, 6.07) is 6.24. The molecule has 1 N–H and O–H groups in total. The molecule has 2 aliphatic rings. The molecule has 3 rings (SSSR count). The van der Waals surface area contributed by atoms with Crippen molar-refractivity contribution in [2.45, 2.75) is 18.9 Å².